The van der Waals surface area contributed by atoms with Gasteiger partial charge in [-0.2, -0.15) is 13.2 Å². The van der Waals surface area contributed by atoms with Crippen molar-refractivity contribution in [2.24, 2.45) is 0 Å². The maximum atomic E-state index is 12.6. The van der Waals surface area contributed by atoms with E-state index in [0.717, 1.165) is 31.6 Å². The average molecular weight is 286 g/mol. The van der Waals surface area contributed by atoms with Crippen LogP contribution in [0.3, 0.4) is 0 Å². The zero-order chi connectivity index (χ0) is 14.8. The second kappa shape index (κ2) is 6.14. The van der Waals surface area contributed by atoms with Crippen LogP contribution in [-0.2, 0) is 6.18 Å². The van der Waals surface area contributed by atoms with Gasteiger partial charge in [0.25, 0.3) is 0 Å². The van der Waals surface area contributed by atoms with Crippen LogP contribution in [0.25, 0.3) is 0 Å². The molecule has 5 heteroatoms. The monoisotopic (exact) mass is 286 g/mol. The highest BCUT2D eigenvalue weighted by atomic mass is 19.4. The van der Waals surface area contributed by atoms with E-state index >= 15 is 0 Å². The largest absolute Gasteiger partial charge is 0.416 e. The van der Waals surface area contributed by atoms with Gasteiger partial charge in [0.05, 0.1) is 5.56 Å². The number of nitrogens with zero attached hydrogens (tertiary/aromatic N) is 1. The van der Waals surface area contributed by atoms with E-state index in [0.29, 0.717) is 6.04 Å². The summed E-state index contributed by atoms with van der Waals surface area (Å²) in [7, 11) is 0. The first-order valence-electron chi connectivity index (χ1n) is 7.06. The molecule has 1 fully saturated rings. The van der Waals surface area contributed by atoms with Gasteiger partial charge in [-0.05, 0) is 31.0 Å². The maximum absolute atomic E-state index is 12.6. The molecule has 0 aromatic heterocycles. The highest BCUT2D eigenvalue weighted by Gasteiger charge is 2.30. The average Bonchev–Trinajstić information content (AvgIpc) is 2.39. The number of nitrogens with one attached hydrogen (secondary N) is 1. The number of hydrogen-bond donors (Lipinski definition) is 1. The lowest BCUT2D eigenvalue weighted by Gasteiger charge is -2.37. The molecular weight excluding hydrogens is 265 g/mol. The van der Waals surface area contributed by atoms with Crippen molar-refractivity contribution in [2.75, 3.05) is 19.6 Å². The molecule has 1 heterocycles. The molecular formula is C15H21F3N2. The van der Waals surface area contributed by atoms with Crippen LogP contribution in [-0.4, -0.2) is 30.6 Å². The Balaban J connectivity index is 2.15. The molecule has 2 rings (SSSR count). The zero-order valence-corrected chi connectivity index (χ0v) is 11.9. The number of hydrogen-bond acceptors (Lipinski definition) is 2. The Bertz CT molecular complexity index is 428. The van der Waals surface area contributed by atoms with Gasteiger partial charge < -0.3 is 5.32 Å². The Morgan fingerprint density at radius 1 is 1.30 bits per heavy atom. The van der Waals surface area contributed by atoms with Gasteiger partial charge in [0.2, 0.25) is 0 Å². The van der Waals surface area contributed by atoms with Crippen LogP contribution < -0.4 is 5.32 Å². The van der Waals surface area contributed by atoms with Crippen LogP contribution in [0.15, 0.2) is 24.3 Å². The van der Waals surface area contributed by atoms with Crippen LogP contribution in [0.4, 0.5) is 13.2 Å². The molecule has 0 aliphatic carbocycles. The van der Waals surface area contributed by atoms with Crippen LogP contribution in [0.1, 0.15) is 37.4 Å². The van der Waals surface area contributed by atoms with Gasteiger partial charge in [-0.3, -0.25) is 4.90 Å². The number of alkyl halides is 3. The Labute approximate surface area is 118 Å². The van der Waals surface area contributed by atoms with Crippen LogP contribution in [0.2, 0.25) is 0 Å². The van der Waals surface area contributed by atoms with Gasteiger partial charge >= 0.3 is 6.18 Å². The molecule has 1 aromatic rings. The maximum Gasteiger partial charge on any atom is 0.416 e. The summed E-state index contributed by atoms with van der Waals surface area (Å²) in [6, 6.07) is 6.22. The number of rotatable bonds is 3. The molecule has 1 saturated heterocycles. The van der Waals surface area contributed by atoms with Crippen LogP contribution >= 0.6 is 0 Å². The second-order valence-electron chi connectivity index (χ2n) is 5.39. The summed E-state index contributed by atoms with van der Waals surface area (Å²) in [5.74, 6) is 0. The Kier molecular flexibility index (Phi) is 4.70. The highest BCUT2D eigenvalue weighted by molar-refractivity contribution is 5.27. The minimum absolute atomic E-state index is 0.196. The van der Waals surface area contributed by atoms with Crippen molar-refractivity contribution in [1.82, 2.24) is 10.2 Å². The first kappa shape index (κ1) is 15.3. The van der Waals surface area contributed by atoms with Crippen molar-refractivity contribution < 1.29 is 13.2 Å². The third-order valence-corrected chi connectivity index (χ3v) is 3.85. The summed E-state index contributed by atoms with van der Waals surface area (Å²) in [6.07, 6.45) is -3.36. The van der Waals surface area contributed by atoms with E-state index in [9.17, 15) is 13.2 Å². The summed E-state index contributed by atoms with van der Waals surface area (Å²) in [4.78, 5) is 2.35. The molecule has 2 nitrogen and oxygen atoms in total. The third-order valence-electron chi connectivity index (χ3n) is 3.85. The summed E-state index contributed by atoms with van der Waals surface area (Å²) >= 11 is 0. The minimum Gasteiger partial charge on any atom is -0.312 e. The van der Waals surface area contributed by atoms with Gasteiger partial charge in [-0.15, -0.1) is 0 Å². The van der Waals surface area contributed by atoms with Crippen molar-refractivity contribution in [3.8, 4) is 0 Å². The van der Waals surface area contributed by atoms with Gasteiger partial charge in [0, 0.05) is 31.7 Å². The first-order valence-corrected chi connectivity index (χ1v) is 7.06. The standard InChI is InChI=1S/C15H21F3N2/c1-3-14(20-9-8-19-11(2)10-20)12-4-6-13(7-5-12)15(16,17)18/h4-7,11,14,19H,3,8-10H2,1-2H3. The van der Waals surface area contributed by atoms with Gasteiger partial charge in [-0.1, -0.05) is 19.1 Å². The second-order valence-corrected chi connectivity index (χ2v) is 5.39. The van der Waals surface area contributed by atoms with E-state index in [-0.39, 0.29) is 6.04 Å². The summed E-state index contributed by atoms with van der Waals surface area (Å²) in [5, 5.41) is 3.38. The van der Waals surface area contributed by atoms with Gasteiger partial charge in [0.1, 0.15) is 0 Å². The molecule has 0 saturated carbocycles. The van der Waals surface area contributed by atoms with E-state index in [2.05, 4.69) is 24.1 Å². The van der Waals surface area contributed by atoms with Crippen molar-refractivity contribution in [3.63, 3.8) is 0 Å². The smallest absolute Gasteiger partial charge is 0.312 e. The van der Waals surface area contributed by atoms with E-state index in [1.54, 1.807) is 12.1 Å². The van der Waals surface area contributed by atoms with Crippen molar-refractivity contribution in [1.29, 1.82) is 0 Å². The molecule has 0 radical (unpaired) electrons. The lowest BCUT2D eigenvalue weighted by atomic mass is 9.99. The Morgan fingerprint density at radius 3 is 2.45 bits per heavy atom. The molecule has 2 atom stereocenters. The summed E-state index contributed by atoms with van der Waals surface area (Å²) in [6.45, 7) is 7.00. The SMILES string of the molecule is CCC(c1ccc(C(F)(F)F)cc1)N1CCNC(C)C1. The third kappa shape index (κ3) is 3.52. The lowest BCUT2D eigenvalue weighted by molar-refractivity contribution is -0.137. The predicted octanol–water partition coefficient (Wildman–Crippen LogP) is 3.45. The Hall–Kier alpha value is -1.07. The fourth-order valence-corrected chi connectivity index (χ4v) is 2.84. The van der Waals surface area contributed by atoms with Crippen molar-refractivity contribution in [3.05, 3.63) is 35.4 Å². The molecule has 0 bridgehead atoms. The van der Waals surface area contributed by atoms with Crippen molar-refractivity contribution in [2.45, 2.75) is 38.5 Å². The first-order chi connectivity index (χ1) is 9.41. The van der Waals surface area contributed by atoms with Crippen LogP contribution in [0, 0.1) is 0 Å². The quantitative estimate of drug-likeness (QED) is 0.915. The molecule has 0 amide bonds. The minimum atomic E-state index is -4.26. The van der Waals surface area contributed by atoms with E-state index in [1.165, 1.54) is 12.1 Å². The predicted molar refractivity (Wildman–Crippen MR) is 73.5 cm³/mol. The summed E-state index contributed by atoms with van der Waals surface area (Å²) in [5.41, 5.74) is 0.388. The molecule has 1 N–H and O–H groups in total. The van der Waals surface area contributed by atoms with E-state index in [1.807, 2.05) is 0 Å². The van der Waals surface area contributed by atoms with Crippen LogP contribution in [0.5, 0.6) is 0 Å². The molecule has 112 valence electrons. The fourth-order valence-electron chi connectivity index (χ4n) is 2.84. The molecule has 0 spiro atoms. The molecule has 1 aliphatic heterocycles. The molecule has 20 heavy (non-hydrogen) atoms. The lowest BCUT2D eigenvalue weighted by Crippen LogP contribution is -2.50. The normalized spacial score (nSPS) is 22.8. The fraction of sp³-hybridized carbons (Fsp3) is 0.600. The van der Waals surface area contributed by atoms with Gasteiger partial charge in [0.15, 0.2) is 0 Å². The molecule has 1 aliphatic rings. The number of halogens is 3. The molecule has 2 unspecified atom stereocenters. The van der Waals surface area contributed by atoms with Crippen molar-refractivity contribution >= 4 is 0 Å². The highest BCUT2D eigenvalue weighted by Crippen LogP contribution is 2.31. The van der Waals surface area contributed by atoms with E-state index in [4.69, 9.17) is 0 Å². The topological polar surface area (TPSA) is 15.3 Å². The number of benzene rings is 1. The van der Waals surface area contributed by atoms with Gasteiger partial charge in [-0.25, -0.2) is 0 Å². The van der Waals surface area contributed by atoms with E-state index < -0.39 is 11.7 Å². The Morgan fingerprint density at radius 2 is 1.95 bits per heavy atom. The summed E-state index contributed by atoms with van der Waals surface area (Å²) < 4.78 is 37.8. The number of piperazine rings is 1. The molecule has 1 aromatic carbocycles. The zero-order valence-electron chi connectivity index (χ0n) is 11.9.